The van der Waals surface area contributed by atoms with Gasteiger partial charge in [-0.3, -0.25) is 14.8 Å². The molecule has 0 aliphatic carbocycles. The minimum absolute atomic E-state index is 0.644. The summed E-state index contributed by atoms with van der Waals surface area (Å²) in [6.07, 6.45) is 7.84. The number of piperazine rings is 1. The summed E-state index contributed by atoms with van der Waals surface area (Å²) < 4.78 is 0. The van der Waals surface area contributed by atoms with E-state index in [-0.39, 0.29) is 0 Å². The molecule has 1 saturated heterocycles. The molecule has 3 heterocycles. The van der Waals surface area contributed by atoms with Crippen LogP contribution in [0.5, 0.6) is 0 Å². The average molecular weight is 406 g/mol. The van der Waals surface area contributed by atoms with Crippen LogP contribution in [-0.2, 0) is 0 Å². The predicted octanol–water partition coefficient (Wildman–Crippen LogP) is 3.87. The summed E-state index contributed by atoms with van der Waals surface area (Å²) in [5.74, 6) is 0. The van der Waals surface area contributed by atoms with Crippen molar-refractivity contribution in [2.24, 2.45) is 0 Å². The molecular formula is C24H31N5O. The highest BCUT2D eigenvalue weighted by Gasteiger charge is 2.05. The van der Waals surface area contributed by atoms with Gasteiger partial charge in [-0.05, 0) is 25.6 Å². The number of rotatable bonds is 3. The van der Waals surface area contributed by atoms with E-state index in [1.807, 2.05) is 39.0 Å². The van der Waals surface area contributed by atoms with E-state index in [2.05, 4.69) is 32.2 Å². The van der Waals surface area contributed by atoms with E-state index in [1.165, 1.54) is 13.1 Å². The van der Waals surface area contributed by atoms with Crippen LogP contribution in [0.4, 0.5) is 0 Å². The number of nitrogens with zero attached hydrogens (tertiary/aromatic N) is 4. The normalized spacial score (nSPS) is 13.3. The molecule has 1 aliphatic heterocycles. The van der Waals surface area contributed by atoms with Gasteiger partial charge < -0.3 is 10.2 Å². The second kappa shape index (κ2) is 12.6. The Morgan fingerprint density at radius 1 is 0.900 bits per heavy atom. The monoisotopic (exact) mass is 405 g/mol. The number of carbonyl (C=O) groups is 1. The summed E-state index contributed by atoms with van der Waals surface area (Å²) in [6.45, 7) is 10.7. The standard InChI is InChI=1S/C17H13N3O.C5H12N2.C2H6/c1-12-6-15(8-18-7-12)17-10-19-9-16(20-17)14-4-2-13(11-21)3-5-14;1-7-4-2-6-3-5-7;1-2/h2-11H,1H3;6H,2-5H2,1H3;1-2H3. The summed E-state index contributed by atoms with van der Waals surface area (Å²) >= 11 is 0. The van der Waals surface area contributed by atoms with Crippen LogP contribution in [-0.4, -0.2) is 59.4 Å². The predicted molar refractivity (Wildman–Crippen MR) is 123 cm³/mol. The summed E-state index contributed by atoms with van der Waals surface area (Å²) in [5, 5.41) is 3.27. The second-order valence-electron chi connectivity index (χ2n) is 6.83. The molecule has 6 heteroatoms. The van der Waals surface area contributed by atoms with Gasteiger partial charge in [0, 0.05) is 55.3 Å². The summed E-state index contributed by atoms with van der Waals surface area (Å²) in [5.41, 5.74) is 5.14. The van der Waals surface area contributed by atoms with Gasteiger partial charge in [-0.15, -0.1) is 0 Å². The first-order chi connectivity index (χ1) is 14.7. The van der Waals surface area contributed by atoms with Gasteiger partial charge in [0.2, 0.25) is 0 Å². The third-order valence-corrected chi connectivity index (χ3v) is 4.49. The lowest BCUT2D eigenvalue weighted by Crippen LogP contribution is -2.40. The largest absolute Gasteiger partial charge is 0.314 e. The molecule has 3 aromatic rings. The minimum Gasteiger partial charge on any atom is -0.314 e. The molecule has 2 aromatic heterocycles. The zero-order valence-electron chi connectivity index (χ0n) is 18.3. The van der Waals surface area contributed by atoms with E-state index in [9.17, 15) is 4.79 Å². The van der Waals surface area contributed by atoms with E-state index < -0.39 is 0 Å². The number of likely N-dealkylation sites (N-methyl/N-ethyl adjacent to an activating group) is 1. The van der Waals surface area contributed by atoms with Crippen molar-refractivity contribution in [2.45, 2.75) is 20.8 Å². The fraction of sp³-hybridized carbons (Fsp3) is 0.333. The lowest BCUT2D eigenvalue weighted by molar-refractivity contribution is 0.112. The highest BCUT2D eigenvalue weighted by molar-refractivity contribution is 5.76. The van der Waals surface area contributed by atoms with Crippen LogP contribution in [0.15, 0.2) is 55.1 Å². The Kier molecular flexibility index (Phi) is 9.77. The Bertz CT molecular complexity index is 905. The van der Waals surface area contributed by atoms with Crippen molar-refractivity contribution in [3.8, 4) is 22.5 Å². The molecule has 4 rings (SSSR count). The number of nitrogens with one attached hydrogen (secondary N) is 1. The van der Waals surface area contributed by atoms with Crippen LogP contribution < -0.4 is 5.32 Å². The van der Waals surface area contributed by atoms with Crippen LogP contribution in [0.2, 0.25) is 0 Å². The quantitative estimate of drug-likeness (QED) is 0.667. The Labute approximate surface area is 179 Å². The summed E-state index contributed by atoms with van der Waals surface area (Å²) in [4.78, 5) is 26.1. The highest BCUT2D eigenvalue weighted by Crippen LogP contribution is 2.21. The molecule has 0 saturated carbocycles. The van der Waals surface area contributed by atoms with Gasteiger partial charge in [0.15, 0.2) is 0 Å². The van der Waals surface area contributed by atoms with Crippen molar-refractivity contribution in [2.75, 3.05) is 33.2 Å². The fourth-order valence-corrected chi connectivity index (χ4v) is 2.85. The Morgan fingerprint density at radius 2 is 1.50 bits per heavy atom. The van der Waals surface area contributed by atoms with Crippen molar-refractivity contribution in [1.29, 1.82) is 0 Å². The first-order valence-corrected chi connectivity index (χ1v) is 10.3. The zero-order chi connectivity index (χ0) is 21.8. The smallest absolute Gasteiger partial charge is 0.150 e. The first-order valence-electron chi connectivity index (χ1n) is 10.3. The molecule has 1 fully saturated rings. The van der Waals surface area contributed by atoms with Crippen LogP contribution in [0, 0.1) is 6.92 Å². The van der Waals surface area contributed by atoms with E-state index in [1.54, 1.807) is 36.9 Å². The molecule has 0 spiro atoms. The number of hydrogen-bond donors (Lipinski definition) is 1. The minimum atomic E-state index is 0.644. The van der Waals surface area contributed by atoms with Gasteiger partial charge >= 0.3 is 0 Å². The Balaban J connectivity index is 0.000000299. The van der Waals surface area contributed by atoms with Gasteiger partial charge in [-0.1, -0.05) is 38.1 Å². The van der Waals surface area contributed by atoms with Crippen LogP contribution in [0.3, 0.4) is 0 Å². The maximum absolute atomic E-state index is 10.7. The van der Waals surface area contributed by atoms with Crippen molar-refractivity contribution in [3.05, 3.63) is 66.2 Å². The number of aldehydes is 1. The molecule has 0 bridgehead atoms. The Hall–Kier alpha value is -2.96. The molecule has 1 N–H and O–H groups in total. The number of benzene rings is 1. The molecule has 0 radical (unpaired) electrons. The first kappa shape index (κ1) is 23.3. The van der Waals surface area contributed by atoms with Crippen LogP contribution in [0.25, 0.3) is 22.5 Å². The average Bonchev–Trinajstić information content (AvgIpc) is 2.81. The summed E-state index contributed by atoms with van der Waals surface area (Å²) in [7, 11) is 2.15. The van der Waals surface area contributed by atoms with E-state index in [0.29, 0.717) is 5.56 Å². The van der Waals surface area contributed by atoms with Gasteiger partial charge in [0.1, 0.15) is 6.29 Å². The van der Waals surface area contributed by atoms with Gasteiger partial charge in [-0.2, -0.15) is 0 Å². The Morgan fingerprint density at radius 3 is 2.03 bits per heavy atom. The number of hydrogen-bond acceptors (Lipinski definition) is 6. The number of carbonyl (C=O) groups excluding carboxylic acids is 1. The highest BCUT2D eigenvalue weighted by atomic mass is 16.1. The third kappa shape index (κ3) is 7.13. The molecule has 30 heavy (non-hydrogen) atoms. The molecule has 0 unspecified atom stereocenters. The molecule has 1 aliphatic rings. The molecule has 158 valence electrons. The molecule has 6 nitrogen and oxygen atoms in total. The summed E-state index contributed by atoms with van der Waals surface area (Å²) in [6, 6.07) is 9.30. The van der Waals surface area contributed by atoms with E-state index in [4.69, 9.17) is 0 Å². The lowest BCUT2D eigenvalue weighted by Gasteiger charge is -2.21. The molecule has 1 aromatic carbocycles. The van der Waals surface area contributed by atoms with E-state index >= 15 is 0 Å². The van der Waals surface area contributed by atoms with Crippen molar-refractivity contribution in [1.82, 2.24) is 25.2 Å². The maximum Gasteiger partial charge on any atom is 0.150 e. The second-order valence-corrected chi connectivity index (χ2v) is 6.83. The molecule has 0 atom stereocenters. The van der Waals surface area contributed by atoms with Crippen molar-refractivity contribution >= 4 is 6.29 Å². The van der Waals surface area contributed by atoms with E-state index in [0.717, 1.165) is 47.5 Å². The van der Waals surface area contributed by atoms with Gasteiger partial charge in [0.25, 0.3) is 0 Å². The fourth-order valence-electron chi connectivity index (χ4n) is 2.85. The molecular weight excluding hydrogens is 374 g/mol. The van der Waals surface area contributed by atoms with Gasteiger partial charge in [0.05, 0.1) is 23.8 Å². The number of pyridine rings is 1. The maximum atomic E-state index is 10.7. The van der Waals surface area contributed by atoms with Crippen LogP contribution in [0.1, 0.15) is 29.8 Å². The number of aryl methyl sites for hydroxylation is 1. The SMILES string of the molecule is CC.CN1CCNCC1.Cc1cncc(-c2cncc(-c3ccc(C=O)cc3)n2)c1. The molecule has 0 amide bonds. The lowest BCUT2D eigenvalue weighted by atomic mass is 10.1. The third-order valence-electron chi connectivity index (χ3n) is 4.49. The van der Waals surface area contributed by atoms with Crippen LogP contribution >= 0.6 is 0 Å². The van der Waals surface area contributed by atoms with Crippen molar-refractivity contribution < 1.29 is 4.79 Å². The van der Waals surface area contributed by atoms with Crippen molar-refractivity contribution in [3.63, 3.8) is 0 Å². The van der Waals surface area contributed by atoms with Gasteiger partial charge in [-0.25, -0.2) is 4.98 Å². The zero-order valence-corrected chi connectivity index (χ0v) is 18.3. The topological polar surface area (TPSA) is 71.0 Å². The number of aromatic nitrogens is 3.